The van der Waals surface area contributed by atoms with E-state index >= 15 is 0 Å². The molecule has 0 spiro atoms. The molecule has 0 aliphatic carbocycles. The van der Waals surface area contributed by atoms with Gasteiger partial charge in [-0.05, 0) is 0 Å². The van der Waals surface area contributed by atoms with E-state index in [1.165, 1.54) is 25.7 Å². The van der Waals surface area contributed by atoms with Gasteiger partial charge >= 0.3 is 23.1 Å². The molecule has 0 N–H and O–H groups in total. The van der Waals surface area contributed by atoms with Crippen LogP contribution in [0.25, 0.3) is 0 Å². The van der Waals surface area contributed by atoms with E-state index in [0.29, 0.717) is 0 Å². The van der Waals surface area contributed by atoms with Crippen molar-refractivity contribution in [1.29, 1.82) is 0 Å². The van der Waals surface area contributed by atoms with Crippen LogP contribution in [0.1, 0.15) is 39.5 Å². The molecule has 52 valence electrons. The van der Waals surface area contributed by atoms with Gasteiger partial charge in [0.1, 0.15) is 0 Å². The molecule has 0 unspecified atom stereocenters. The molecule has 0 saturated carbocycles. The van der Waals surface area contributed by atoms with Crippen LogP contribution in [0.2, 0.25) is 0 Å². The molecule has 0 aromatic heterocycles. The van der Waals surface area contributed by atoms with Crippen LogP contribution in [0, 0.1) is 6.42 Å². The van der Waals surface area contributed by atoms with Crippen LogP contribution in [0.4, 0.5) is 0 Å². The van der Waals surface area contributed by atoms with Crippen LogP contribution in [-0.4, -0.2) is 23.1 Å². The Kier molecular flexibility index (Phi) is 29.9. The average molecular weight is 203 g/mol. The van der Waals surface area contributed by atoms with E-state index in [1.54, 1.807) is 0 Å². The van der Waals surface area contributed by atoms with E-state index in [9.17, 15) is 0 Å². The molecule has 0 rings (SSSR count). The number of hydrogen-bond acceptors (Lipinski definition) is 0. The first kappa shape index (κ1) is 16.7. The van der Waals surface area contributed by atoms with Gasteiger partial charge in [-0.2, -0.15) is 12.8 Å². The predicted molar refractivity (Wildman–Crippen MR) is 39.9 cm³/mol. The second kappa shape index (κ2) is 16.1. The third-order valence-corrected chi connectivity index (χ3v) is 1.05. The third-order valence-electron chi connectivity index (χ3n) is 1.05. The summed E-state index contributed by atoms with van der Waals surface area (Å²) in [5, 5.41) is 0. The van der Waals surface area contributed by atoms with Crippen molar-refractivity contribution in [3.63, 3.8) is 0 Å². The minimum Gasteiger partial charge on any atom is -1.00 e. The Bertz CT molecular complexity index is 28.1. The number of hydrogen-bond donors (Lipinski definition) is 0. The van der Waals surface area contributed by atoms with E-state index in [-0.39, 0.29) is 40.0 Å². The number of rotatable bonds is 4. The Morgan fingerprint density at radius 1 is 1.22 bits per heavy atom. The van der Waals surface area contributed by atoms with Crippen LogP contribution in [0.5, 0.6) is 0 Å². The molecule has 9 heavy (non-hydrogen) atoms. The van der Waals surface area contributed by atoms with E-state index in [0.717, 1.165) is 0 Å². The molecular formula is C7H15BrMg. The van der Waals surface area contributed by atoms with Gasteiger partial charge in [0.2, 0.25) is 0 Å². The first-order chi connectivity index (χ1) is 3.41. The fourth-order valence-corrected chi connectivity index (χ4v) is 0.553. The molecule has 0 aromatic rings. The van der Waals surface area contributed by atoms with Gasteiger partial charge in [0.05, 0.1) is 0 Å². The Balaban J connectivity index is -0.000000180. The number of unbranched alkanes of at least 4 members (excludes halogenated alkanes) is 4. The van der Waals surface area contributed by atoms with Gasteiger partial charge in [-0.3, -0.25) is 0 Å². The monoisotopic (exact) mass is 202 g/mol. The molecule has 0 aliphatic rings. The zero-order valence-electron chi connectivity index (χ0n) is 6.49. The molecule has 0 fully saturated rings. The summed E-state index contributed by atoms with van der Waals surface area (Å²) in [6.07, 6.45) is 7.58. The largest absolute Gasteiger partial charge is 2.00 e. The van der Waals surface area contributed by atoms with E-state index in [4.69, 9.17) is 0 Å². The summed E-state index contributed by atoms with van der Waals surface area (Å²) in [6.45, 7) is 4.42. The fraction of sp³-hybridized carbons (Fsp3) is 0.857. The Morgan fingerprint density at radius 3 is 2.11 bits per heavy atom. The minimum absolute atomic E-state index is 0. The van der Waals surface area contributed by atoms with Crippen LogP contribution in [0.15, 0.2) is 0 Å². The van der Waals surface area contributed by atoms with Crippen molar-refractivity contribution in [2.24, 2.45) is 0 Å². The summed E-state index contributed by atoms with van der Waals surface area (Å²) in [6, 6.07) is 0. The molecular weight excluding hydrogens is 188 g/mol. The summed E-state index contributed by atoms with van der Waals surface area (Å²) in [5.41, 5.74) is 0. The van der Waals surface area contributed by atoms with E-state index < -0.39 is 0 Å². The average Bonchev–Trinajstić information content (AvgIpc) is 1.69. The van der Waals surface area contributed by atoms with Crippen molar-refractivity contribution < 1.29 is 17.0 Å². The van der Waals surface area contributed by atoms with Gasteiger partial charge in [-0.15, -0.1) is 0 Å². The molecule has 0 nitrogen and oxygen atoms in total. The molecule has 0 amide bonds. The van der Waals surface area contributed by atoms with Crippen molar-refractivity contribution >= 4 is 23.1 Å². The molecule has 2 heteroatoms. The standard InChI is InChI=1S/C7H15.BrH.Mg/c1-3-5-7-6-4-2;;/h5H,3-4,6-7H2,1-2H3;1H;/q-1;;+2/p-1. The summed E-state index contributed by atoms with van der Waals surface area (Å²) in [5.74, 6) is 0. The molecule has 0 aromatic carbocycles. The molecule has 0 heterocycles. The van der Waals surface area contributed by atoms with Crippen LogP contribution >= 0.6 is 0 Å². The Morgan fingerprint density at radius 2 is 1.78 bits per heavy atom. The van der Waals surface area contributed by atoms with Gasteiger partial charge in [0, 0.05) is 0 Å². The molecule has 0 radical (unpaired) electrons. The maximum atomic E-state index is 2.34. The first-order valence-electron chi connectivity index (χ1n) is 3.23. The summed E-state index contributed by atoms with van der Waals surface area (Å²) in [4.78, 5) is 0. The van der Waals surface area contributed by atoms with Gasteiger partial charge in [-0.1, -0.05) is 26.7 Å². The first-order valence-corrected chi connectivity index (χ1v) is 3.23. The van der Waals surface area contributed by atoms with Gasteiger partial charge < -0.3 is 23.4 Å². The van der Waals surface area contributed by atoms with E-state index in [1.807, 2.05) is 0 Å². The second-order valence-electron chi connectivity index (χ2n) is 1.84. The normalized spacial score (nSPS) is 7.33. The van der Waals surface area contributed by atoms with Gasteiger partial charge in [0.25, 0.3) is 0 Å². The Labute approximate surface area is 85.7 Å². The van der Waals surface area contributed by atoms with Crippen LogP contribution in [0.3, 0.4) is 0 Å². The van der Waals surface area contributed by atoms with E-state index in [2.05, 4.69) is 20.3 Å². The van der Waals surface area contributed by atoms with Crippen molar-refractivity contribution in [2.75, 3.05) is 0 Å². The van der Waals surface area contributed by atoms with Gasteiger partial charge in [0.15, 0.2) is 0 Å². The molecule has 0 aliphatic heterocycles. The molecule has 0 bridgehead atoms. The summed E-state index contributed by atoms with van der Waals surface area (Å²) >= 11 is 0. The second-order valence-corrected chi connectivity index (χ2v) is 1.84. The summed E-state index contributed by atoms with van der Waals surface area (Å²) < 4.78 is 0. The van der Waals surface area contributed by atoms with Crippen LogP contribution in [-0.2, 0) is 0 Å². The fourth-order valence-electron chi connectivity index (χ4n) is 0.553. The zero-order chi connectivity index (χ0) is 5.54. The van der Waals surface area contributed by atoms with Crippen molar-refractivity contribution in [3.8, 4) is 0 Å². The zero-order valence-corrected chi connectivity index (χ0v) is 9.49. The summed E-state index contributed by atoms with van der Waals surface area (Å²) in [7, 11) is 0. The van der Waals surface area contributed by atoms with Crippen LogP contribution < -0.4 is 17.0 Å². The topological polar surface area (TPSA) is 0 Å². The maximum absolute atomic E-state index is 2.34. The quantitative estimate of drug-likeness (QED) is 0.326. The van der Waals surface area contributed by atoms with Crippen molar-refractivity contribution in [1.82, 2.24) is 0 Å². The number of halogens is 1. The maximum Gasteiger partial charge on any atom is 2.00 e. The predicted octanol–water partition coefficient (Wildman–Crippen LogP) is -0.586. The van der Waals surface area contributed by atoms with Crippen molar-refractivity contribution in [3.05, 3.63) is 6.42 Å². The SMILES string of the molecule is CC[CH-]CCCC.[Br-].[Mg+2]. The van der Waals surface area contributed by atoms with Crippen molar-refractivity contribution in [2.45, 2.75) is 39.5 Å². The molecule has 0 atom stereocenters. The molecule has 0 saturated heterocycles. The van der Waals surface area contributed by atoms with Gasteiger partial charge in [-0.25, -0.2) is 0 Å². The third kappa shape index (κ3) is 17.6. The smallest absolute Gasteiger partial charge is 1.00 e. The minimum atomic E-state index is 0. The Hall–Kier alpha value is 1.25.